The van der Waals surface area contributed by atoms with Crippen molar-refractivity contribution in [3.8, 4) is 11.3 Å². The number of nitrogens with one attached hydrogen (secondary N) is 2. The van der Waals surface area contributed by atoms with Gasteiger partial charge in [-0.2, -0.15) is 0 Å². The molecule has 0 atom stereocenters. The van der Waals surface area contributed by atoms with Crippen LogP contribution in [0.4, 0.5) is 4.39 Å². The molecule has 0 amide bonds. The van der Waals surface area contributed by atoms with Crippen molar-refractivity contribution in [3.05, 3.63) is 40.0 Å². The van der Waals surface area contributed by atoms with Gasteiger partial charge in [-0.05, 0) is 25.0 Å². The van der Waals surface area contributed by atoms with E-state index in [9.17, 15) is 4.39 Å². The van der Waals surface area contributed by atoms with Gasteiger partial charge in [0.1, 0.15) is 11.6 Å². The van der Waals surface area contributed by atoms with E-state index >= 15 is 0 Å². The van der Waals surface area contributed by atoms with Crippen LogP contribution < -0.4 is 5.32 Å². The molecule has 1 fully saturated rings. The van der Waals surface area contributed by atoms with Gasteiger partial charge in [-0.25, -0.2) is 9.37 Å². The second-order valence-electron chi connectivity index (χ2n) is 5.35. The molecule has 6 heteroatoms. The number of rotatable bonds is 4. The fourth-order valence-electron chi connectivity index (χ4n) is 2.69. The Morgan fingerprint density at radius 3 is 2.76 bits per heavy atom. The highest BCUT2D eigenvalue weighted by Gasteiger charge is 2.15. The van der Waals surface area contributed by atoms with Crippen LogP contribution in [0, 0.1) is 5.82 Å². The summed E-state index contributed by atoms with van der Waals surface area (Å²) >= 11 is 11.8. The first-order chi connectivity index (χ1) is 10.1. The van der Waals surface area contributed by atoms with Gasteiger partial charge < -0.3 is 10.3 Å². The minimum absolute atomic E-state index is 0.0198. The monoisotopic (exact) mass is 327 g/mol. The summed E-state index contributed by atoms with van der Waals surface area (Å²) in [6.45, 7) is 0.679. The molecule has 2 aromatic rings. The van der Waals surface area contributed by atoms with E-state index in [1.54, 1.807) is 6.20 Å². The van der Waals surface area contributed by atoms with E-state index in [1.807, 2.05) is 0 Å². The highest BCUT2D eigenvalue weighted by atomic mass is 35.5. The normalized spacial score (nSPS) is 15.8. The SMILES string of the molecule is Fc1cc(-c2cnc(CNC3CCCC3)[nH]2)c(Cl)cc1Cl. The van der Waals surface area contributed by atoms with Gasteiger partial charge in [-0.1, -0.05) is 36.0 Å². The van der Waals surface area contributed by atoms with Crippen molar-refractivity contribution in [2.75, 3.05) is 0 Å². The van der Waals surface area contributed by atoms with Gasteiger partial charge in [-0.3, -0.25) is 0 Å². The summed E-state index contributed by atoms with van der Waals surface area (Å²) in [7, 11) is 0. The molecule has 3 rings (SSSR count). The third-order valence-corrected chi connectivity index (χ3v) is 4.44. The molecule has 0 saturated heterocycles. The summed E-state index contributed by atoms with van der Waals surface area (Å²) < 4.78 is 13.6. The van der Waals surface area contributed by atoms with Crippen molar-refractivity contribution in [1.82, 2.24) is 15.3 Å². The van der Waals surface area contributed by atoms with Gasteiger partial charge in [-0.15, -0.1) is 0 Å². The summed E-state index contributed by atoms with van der Waals surface area (Å²) in [6, 6.07) is 3.31. The van der Waals surface area contributed by atoms with Gasteiger partial charge in [0.25, 0.3) is 0 Å². The van der Waals surface area contributed by atoms with Crippen molar-refractivity contribution in [1.29, 1.82) is 0 Å². The molecular weight excluding hydrogens is 312 g/mol. The van der Waals surface area contributed by atoms with Crippen LogP contribution in [0.15, 0.2) is 18.3 Å². The number of aromatic nitrogens is 2. The van der Waals surface area contributed by atoms with Crippen molar-refractivity contribution in [2.45, 2.75) is 38.3 Å². The Bertz CT molecular complexity index is 636. The number of benzene rings is 1. The fraction of sp³-hybridized carbons (Fsp3) is 0.400. The molecule has 2 N–H and O–H groups in total. The number of halogens is 3. The Kier molecular flexibility index (Phi) is 4.48. The lowest BCUT2D eigenvalue weighted by molar-refractivity contribution is 0.515. The van der Waals surface area contributed by atoms with E-state index in [-0.39, 0.29) is 5.02 Å². The van der Waals surface area contributed by atoms with Crippen LogP contribution in [0.1, 0.15) is 31.5 Å². The maximum Gasteiger partial charge on any atom is 0.142 e. The van der Waals surface area contributed by atoms with Crippen LogP contribution in [0.5, 0.6) is 0 Å². The average Bonchev–Trinajstić information content (AvgIpc) is 3.11. The molecule has 0 aliphatic heterocycles. The maximum absolute atomic E-state index is 13.6. The van der Waals surface area contributed by atoms with Gasteiger partial charge in [0.2, 0.25) is 0 Å². The molecule has 21 heavy (non-hydrogen) atoms. The van der Waals surface area contributed by atoms with Gasteiger partial charge in [0, 0.05) is 11.6 Å². The van der Waals surface area contributed by atoms with Gasteiger partial charge in [0.05, 0.1) is 28.5 Å². The molecule has 0 radical (unpaired) electrons. The Morgan fingerprint density at radius 2 is 2.00 bits per heavy atom. The lowest BCUT2D eigenvalue weighted by Crippen LogP contribution is -2.25. The number of H-pyrrole nitrogens is 1. The number of nitrogens with zero attached hydrogens (tertiary/aromatic N) is 1. The first-order valence-electron chi connectivity index (χ1n) is 7.05. The molecular formula is C15H16Cl2FN3. The zero-order valence-electron chi connectivity index (χ0n) is 11.4. The van der Waals surface area contributed by atoms with E-state index in [2.05, 4.69) is 15.3 Å². The summed E-state index contributed by atoms with van der Waals surface area (Å²) in [4.78, 5) is 7.49. The van der Waals surface area contributed by atoms with E-state index in [1.165, 1.54) is 37.8 Å². The van der Waals surface area contributed by atoms with E-state index in [0.717, 1.165) is 5.82 Å². The van der Waals surface area contributed by atoms with Crippen LogP contribution in [0.2, 0.25) is 10.0 Å². The van der Waals surface area contributed by atoms with E-state index < -0.39 is 5.82 Å². The minimum atomic E-state index is -0.490. The molecule has 0 spiro atoms. The Hall–Kier alpha value is -1.10. The number of hydrogen-bond acceptors (Lipinski definition) is 2. The molecule has 1 aliphatic carbocycles. The summed E-state index contributed by atoms with van der Waals surface area (Å²) in [6.07, 6.45) is 6.70. The highest BCUT2D eigenvalue weighted by molar-refractivity contribution is 6.36. The lowest BCUT2D eigenvalue weighted by Gasteiger charge is -2.09. The molecule has 0 unspecified atom stereocenters. The number of aromatic amines is 1. The fourth-order valence-corrected chi connectivity index (χ4v) is 3.17. The summed E-state index contributed by atoms with van der Waals surface area (Å²) in [5.41, 5.74) is 1.26. The van der Waals surface area contributed by atoms with Gasteiger partial charge >= 0.3 is 0 Å². The van der Waals surface area contributed by atoms with E-state index in [4.69, 9.17) is 23.2 Å². The predicted octanol–water partition coefficient (Wildman–Crippen LogP) is 4.55. The van der Waals surface area contributed by atoms with E-state index in [0.29, 0.717) is 28.9 Å². The third-order valence-electron chi connectivity index (χ3n) is 3.84. The zero-order valence-corrected chi connectivity index (χ0v) is 12.9. The highest BCUT2D eigenvalue weighted by Crippen LogP contribution is 2.31. The molecule has 1 aromatic carbocycles. The number of hydrogen-bond donors (Lipinski definition) is 2. The van der Waals surface area contributed by atoms with Crippen LogP contribution in [-0.4, -0.2) is 16.0 Å². The largest absolute Gasteiger partial charge is 0.341 e. The van der Waals surface area contributed by atoms with Crippen LogP contribution in [-0.2, 0) is 6.54 Å². The molecule has 1 heterocycles. The Morgan fingerprint density at radius 1 is 1.24 bits per heavy atom. The van der Waals surface area contributed by atoms with Gasteiger partial charge in [0.15, 0.2) is 0 Å². The standard InChI is InChI=1S/C15H16Cl2FN3/c16-11-6-12(17)13(18)5-10(11)14-7-20-15(21-14)8-19-9-3-1-2-4-9/h5-7,9,19H,1-4,8H2,(H,20,21). The molecule has 1 saturated carbocycles. The smallest absolute Gasteiger partial charge is 0.142 e. The third kappa shape index (κ3) is 3.39. The van der Waals surface area contributed by atoms with Crippen molar-refractivity contribution in [3.63, 3.8) is 0 Å². The number of imidazole rings is 1. The summed E-state index contributed by atoms with van der Waals surface area (Å²) in [5, 5.41) is 3.90. The first kappa shape index (κ1) is 14.8. The zero-order chi connectivity index (χ0) is 14.8. The molecule has 3 nitrogen and oxygen atoms in total. The maximum atomic E-state index is 13.6. The Labute approximate surface area is 132 Å². The average molecular weight is 328 g/mol. The Balaban J connectivity index is 1.73. The minimum Gasteiger partial charge on any atom is -0.341 e. The molecule has 1 aliphatic rings. The van der Waals surface area contributed by atoms with Crippen LogP contribution >= 0.6 is 23.2 Å². The molecule has 1 aromatic heterocycles. The quantitative estimate of drug-likeness (QED) is 0.808. The van der Waals surface area contributed by atoms with Crippen molar-refractivity contribution < 1.29 is 4.39 Å². The lowest BCUT2D eigenvalue weighted by atomic mass is 10.1. The van der Waals surface area contributed by atoms with Crippen molar-refractivity contribution >= 4 is 23.2 Å². The topological polar surface area (TPSA) is 40.7 Å². The predicted molar refractivity (Wildman–Crippen MR) is 83.1 cm³/mol. The second kappa shape index (κ2) is 6.34. The van der Waals surface area contributed by atoms with Crippen molar-refractivity contribution in [2.24, 2.45) is 0 Å². The van der Waals surface area contributed by atoms with Crippen LogP contribution in [0.3, 0.4) is 0 Å². The first-order valence-corrected chi connectivity index (χ1v) is 7.81. The summed E-state index contributed by atoms with van der Waals surface area (Å²) in [5.74, 6) is 0.333. The van der Waals surface area contributed by atoms with Crippen LogP contribution in [0.25, 0.3) is 11.3 Å². The second-order valence-corrected chi connectivity index (χ2v) is 6.17. The molecule has 112 valence electrons. The molecule has 0 bridgehead atoms.